The third kappa shape index (κ3) is 5.16. The van der Waals surface area contributed by atoms with Gasteiger partial charge in [-0.1, -0.05) is 44.2 Å². The molecule has 0 aromatic heterocycles. The molecule has 156 valence electrons. The summed E-state index contributed by atoms with van der Waals surface area (Å²) in [6.45, 7) is 7.98. The molecule has 0 spiro atoms. The molecule has 0 aliphatic carbocycles. The van der Waals surface area contributed by atoms with Crippen LogP contribution in [0, 0.1) is 0 Å². The molecule has 7 heteroatoms. The fourth-order valence-corrected chi connectivity index (χ4v) is 5.14. The summed E-state index contributed by atoms with van der Waals surface area (Å²) in [5.74, 6) is -0.0479. The molecule has 1 heterocycles. The van der Waals surface area contributed by atoms with Crippen molar-refractivity contribution in [2.45, 2.75) is 33.4 Å². The van der Waals surface area contributed by atoms with Crippen molar-refractivity contribution >= 4 is 21.6 Å². The fraction of sp³-hybridized carbons (Fsp3) is 0.409. The number of carbonyl (C=O) groups excluding carboxylic acids is 1. The molecule has 1 N–H and O–H groups in total. The van der Waals surface area contributed by atoms with Crippen LogP contribution in [0.3, 0.4) is 0 Å². The van der Waals surface area contributed by atoms with Gasteiger partial charge in [0.1, 0.15) is 0 Å². The van der Waals surface area contributed by atoms with Gasteiger partial charge in [0, 0.05) is 25.2 Å². The van der Waals surface area contributed by atoms with E-state index in [4.69, 9.17) is 0 Å². The second-order valence-electron chi connectivity index (χ2n) is 7.20. The topological polar surface area (TPSA) is 69.7 Å². The number of nitrogens with zero attached hydrogens (tertiary/aromatic N) is 2. The Morgan fingerprint density at radius 3 is 2.45 bits per heavy atom. The summed E-state index contributed by atoms with van der Waals surface area (Å²) < 4.78 is 25.7. The van der Waals surface area contributed by atoms with E-state index in [-0.39, 0.29) is 11.7 Å². The first-order valence-electron chi connectivity index (χ1n) is 10.1. The summed E-state index contributed by atoms with van der Waals surface area (Å²) in [7, 11) is -3.26. The Kier molecular flexibility index (Phi) is 6.92. The van der Waals surface area contributed by atoms with Crippen molar-refractivity contribution in [3.8, 4) is 0 Å². The van der Waals surface area contributed by atoms with Gasteiger partial charge in [-0.3, -0.25) is 14.0 Å². The molecule has 0 saturated carbocycles. The average Bonchev–Trinajstić information content (AvgIpc) is 3.10. The van der Waals surface area contributed by atoms with Crippen molar-refractivity contribution in [1.82, 2.24) is 10.2 Å². The largest absolute Gasteiger partial charge is 0.348 e. The van der Waals surface area contributed by atoms with Gasteiger partial charge in [0.2, 0.25) is 10.0 Å². The molecule has 6 nitrogen and oxygen atoms in total. The van der Waals surface area contributed by atoms with Gasteiger partial charge >= 0.3 is 0 Å². The van der Waals surface area contributed by atoms with Crippen LogP contribution in [0.4, 0.5) is 5.69 Å². The normalized spacial score (nSPS) is 15.6. The van der Waals surface area contributed by atoms with Crippen LogP contribution in [0.5, 0.6) is 0 Å². The maximum Gasteiger partial charge on any atom is 0.251 e. The van der Waals surface area contributed by atoms with Crippen LogP contribution < -0.4 is 9.62 Å². The molecule has 0 radical (unpaired) electrons. The third-order valence-corrected chi connectivity index (χ3v) is 7.21. The van der Waals surface area contributed by atoms with E-state index in [9.17, 15) is 13.2 Å². The van der Waals surface area contributed by atoms with Gasteiger partial charge in [-0.15, -0.1) is 0 Å². The molecule has 29 heavy (non-hydrogen) atoms. The molecule has 2 aromatic rings. The van der Waals surface area contributed by atoms with Gasteiger partial charge in [0.25, 0.3) is 5.91 Å². The Bertz CT molecular complexity index is 955. The van der Waals surface area contributed by atoms with E-state index in [0.717, 1.165) is 25.2 Å². The molecule has 1 fully saturated rings. The standard InChI is InChI=1S/C22H29N3O3S/c1-3-24(4-2)17-20-10-6-5-9-19(20)16-23-22(26)18-11-7-12-21(15-18)25-13-8-14-29(25,27)28/h5-7,9-12,15H,3-4,8,13-14,16-17H2,1-2H3,(H,23,26). The van der Waals surface area contributed by atoms with E-state index in [1.54, 1.807) is 24.3 Å². The lowest BCUT2D eigenvalue weighted by atomic mass is 10.1. The first kappa shape index (κ1) is 21.3. The predicted molar refractivity (Wildman–Crippen MR) is 116 cm³/mol. The summed E-state index contributed by atoms with van der Waals surface area (Å²) in [4.78, 5) is 15.0. The highest BCUT2D eigenvalue weighted by atomic mass is 32.2. The van der Waals surface area contributed by atoms with Gasteiger partial charge in [-0.2, -0.15) is 0 Å². The molecule has 1 saturated heterocycles. The van der Waals surface area contributed by atoms with Crippen LogP contribution in [0.25, 0.3) is 0 Å². The molecular formula is C22H29N3O3S. The van der Waals surface area contributed by atoms with E-state index >= 15 is 0 Å². The van der Waals surface area contributed by atoms with Gasteiger partial charge in [0.05, 0.1) is 11.4 Å². The van der Waals surface area contributed by atoms with Crippen molar-refractivity contribution in [3.05, 3.63) is 65.2 Å². The van der Waals surface area contributed by atoms with Crippen LogP contribution in [0.2, 0.25) is 0 Å². The van der Waals surface area contributed by atoms with Crippen LogP contribution in [0.15, 0.2) is 48.5 Å². The molecule has 0 atom stereocenters. The minimum absolute atomic E-state index is 0.159. The second kappa shape index (κ2) is 9.41. The number of hydrogen-bond donors (Lipinski definition) is 1. The van der Waals surface area contributed by atoms with Gasteiger partial charge in [0.15, 0.2) is 0 Å². The maximum absolute atomic E-state index is 12.7. The maximum atomic E-state index is 12.7. The minimum Gasteiger partial charge on any atom is -0.348 e. The summed E-state index contributed by atoms with van der Waals surface area (Å²) in [6, 6.07) is 15.0. The lowest BCUT2D eigenvalue weighted by Crippen LogP contribution is -2.27. The highest BCUT2D eigenvalue weighted by Crippen LogP contribution is 2.24. The monoisotopic (exact) mass is 415 g/mol. The van der Waals surface area contributed by atoms with E-state index in [2.05, 4.69) is 30.1 Å². The zero-order chi connectivity index (χ0) is 20.9. The lowest BCUT2D eigenvalue weighted by molar-refractivity contribution is 0.0950. The predicted octanol–water partition coefficient (Wildman–Crippen LogP) is 3.00. The molecule has 0 unspecified atom stereocenters. The van der Waals surface area contributed by atoms with Crippen LogP contribution in [-0.4, -0.2) is 44.6 Å². The van der Waals surface area contributed by atoms with Crippen molar-refractivity contribution in [2.75, 3.05) is 29.7 Å². The number of carbonyl (C=O) groups is 1. The van der Waals surface area contributed by atoms with Gasteiger partial charge in [-0.05, 0) is 48.8 Å². The van der Waals surface area contributed by atoms with Crippen molar-refractivity contribution in [1.29, 1.82) is 0 Å². The number of hydrogen-bond acceptors (Lipinski definition) is 4. The molecule has 2 aromatic carbocycles. The van der Waals surface area contributed by atoms with Crippen LogP contribution in [0.1, 0.15) is 41.8 Å². The van der Waals surface area contributed by atoms with E-state index in [0.29, 0.717) is 30.8 Å². The SMILES string of the molecule is CCN(CC)Cc1ccccc1CNC(=O)c1cccc(N2CCCS2(=O)=O)c1. The zero-order valence-corrected chi connectivity index (χ0v) is 17.9. The first-order chi connectivity index (χ1) is 13.9. The smallest absolute Gasteiger partial charge is 0.251 e. The summed E-state index contributed by atoms with van der Waals surface area (Å²) in [6.07, 6.45) is 0.613. The summed E-state index contributed by atoms with van der Waals surface area (Å²) in [5.41, 5.74) is 3.31. The highest BCUT2D eigenvalue weighted by Gasteiger charge is 2.28. The Balaban J connectivity index is 1.70. The number of rotatable bonds is 8. The highest BCUT2D eigenvalue weighted by molar-refractivity contribution is 7.93. The number of amides is 1. The van der Waals surface area contributed by atoms with E-state index in [1.807, 2.05) is 18.2 Å². The molecular weight excluding hydrogens is 386 g/mol. The van der Waals surface area contributed by atoms with Gasteiger partial charge in [-0.25, -0.2) is 8.42 Å². The zero-order valence-electron chi connectivity index (χ0n) is 17.1. The first-order valence-corrected chi connectivity index (χ1v) is 11.7. The van der Waals surface area contributed by atoms with Crippen molar-refractivity contribution in [2.24, 2.45) is 0 Å². The third-order valence-electron chi connectivity index (χ3n) is 5.34. The Morgan fingerprint density at radius 2 is 1.79 bits per heavy atom. The number of nitrogens with one attached hydrogen (secondary N) is 1. The fourth-order valence-electron chi connectivity index (χ4n) is 3.58. The summed E-state index contributed by atoms with van der Waals surface area (Å²) in [5, 5.41) is 2.98. The van der Waals surface area contributed by atoms with Gasteiger partial charge < -0.3 is 5.32 Å². The van der Waals surface area contributed by atoms with Crippen LogP contribution in [-0.2, 0) is 23.1 Å². The van der Waals surface area contributed by atoms with Crippen molar-refractivity contribution < 1.29 is 13.2 Å². The minimum atomic E-state index is -3.26. The Hall–Kier alpha value is -2.38. The molecule has 1 aliphatic heterocycles. The second-order valence-corrected chi connectivity index (χ2v) is 9.22. The quantitative estimate of drug-likeness (QED) is 0.720. The Morgan fingerprint density at radius 1 is 1.07 bits per heavy atom. The van der Waals surface area contributed by atoms with Crippen molar-refractivity contribution in [3.63, 3.8) is 0 Å². The summed E-state index contributed by atoms with van der Waals surface area (Å²) >= 11 is 0. The molecule has 3 rings (SSSR count). The number of benzene rings is 2. The average molecular weight is 416 g/mol. The van der Waals surface area contributed by atoms with E-state index < -0.39 is 10.0 Å². The number of anilines is 1. The Labute approximate surface area is 173 Å². The van der Waals surface area contributed by atoms with Crippen LogP contribution >= 0.6 is 0 Å². The molecule has 1 amide bonds. The molecule has 0 bridgehead atoms. The number of sulfonamides is 1. The lowest BCUT2D eigenvalue weighted by Gasteiger charge is -2.20. The van der Waals surface area contributed by atoms with E-state index in [1.165, 1.54) is 9.87 Å². The molecule has 1 aliphatic rings.